The molecule has 0 aromatic carbocycles. The Kier molecular flexibility index (Phi) is 6.79. The number of esters is 1. The largest absolute Gasteiger partial charge is 0.465 e. The summed E-state index contributed by atoms with van der Waals surface area (Å²) in [7, 11) is -1.10. The minimum atomic E-state index is -1.10. The molecule has 0 bridgehead atoms. The van der Waals surface area contributed by atoms with Crippen LogP contribution in [-0.4, -0.2) is 27.8 Å². The van der Waals surface area contributed by atoms with Gasteiger partial charge in [-0.15, -0.1) is 0 Å². The first-order chi connectivity index (χ1) is 6.52. The minimum Gasteiger partial charge on any atom is -0.465 e. The number of ether oxygens (including phenoxy) is 1. The van der Waals surface area contributed by atoms with Crippen LogP contribution < -0.4 is 0 Å². The van der Waals surface area contributed by atoms with Crippen LogP contribution in [0.5, 0.6) is 0 Å². The third kappa shape index (κ3) is 4.74. The molecule has 3 atom stereocenters. The lowest BCUT2D eigenvalue weighted by atomic mass is 10.2. The van der Waals surface area contributed by atoms with Crippen LogP contribution in [0.1, 0.15) is 34.1 Å². The lowest BCUT2D eigenvalue weighted by molar-refractivity contribution is -0.142. The van der Waals surface area contributed by atoms with Gasteiger partial charge in [0.05, 0.1) is 6.61 Å². The summed E-state index contributed by atoms with van der Waals surface area (Å²) >= 11 is 0. The molecular formula is C10H20O3S. The standard InChI is InChI=1S/C10H20O3S/c1-5-8(3)7-14(12)9(4)10(11)13-6-2/h8-9H,5-7H2,1-4H3. The van der Waals surface area contributed by atoms with E-state index in [9.17, 15) is 9.00 Å². The van der Waals surface area contributed by atoms with E-state index in [1.54, 1.807) is 13.8 Å². The molecule has 0 N–H and O–H groups in total. The van der Waals surface area contributed by atoms with Gasteiger partial charge in [0.2, 0.25) is 0 Å². The molecular weight excluding hydrogens is 200 g/mol. The maximum Gasteiger partial charge on any atom is 0.321 e. The second-order valence-electron chi connectivity index (χ2n) is 3.46. The van der Waals surface area contributed by atoms with E-state index < -0.39 is 16.0 Å². The van der Waals surface area contributed by atoms with Crippen molar-refractivity contribution >= 4 is 16.8 Å². The van der Waals surface area contributed by atoms with Crippen molar-refractivity contribution in [3.63, 3.8) is 0 Å². The minimum absolute atomic E-state index is 0.351. The normalized spacial score (nSPS) is 17.1. The Morgan fingerprint density at radius 2 is 1.93 bits per heavy atom. The van der Waals surface area contributed by atoms with E-state index in [0.29, 0.717) is 18.3 Å². The second-order valence-corrected chi connectivity index (χ2v) is 5.26. The monoisotopic (exact) mass is 220 g/mol. The summed E-state index contributed by atoms with van der Waals surface area (Å²) in [6, 6.07) is 0. The van der Waals surface area contributed by atoms with Crippen molar-refractivity contribution < 1.29 is 13.7 Å². The highest BCUT2D eigenvalue weighted by Crippen LogP contribution is 2.07. The number of hydrogen-bond acceptors (Lipinski definition) is 3. The predicted molar refractivity (Wildman–Crippen MR) is 58.6 cm³/mol. The van der Waals surface area contributed by atoms with Crippen molar-refractivity contribution in [2.75, 3.05) is 12.4 Å². The molecule has 0 amide bonds. The van der Waals surface area contributed by atoms with Crippen LogP contribution in [0, 0.1) is 5.92 Å². The highest BCUT2D eigenvalue weighted by Gasteiger charge is 2.21. The van der Waals surface area contributed by atoms with E-state index in [1.165, 1.54) is 0 Å². The molecule has 3 unspecified atom stereocenters. The second kappa shape index (κ2) is 6.98. The molecule has 0 saturated carbocycles. The van der Waals surface area contributed by atoms with Gasteiger partial charge in [0, 0.05) is 16.6 Å². The van der Waals surface area contributed by atoms with Crippen molar-refractivity contribution in [2.45, 2.75) is 39.4 Å². The van der Waals surface area contributed by atoms with Gasteiger partial charge in [-0.2, -0.15) is 0 Å². The Balaban J connectivity index is 4.04. The van der Waals surface area contributed by atoms with Gasteiger partial charge in [-0.1, -0.05) is 20.3 Å². The number of rotatable bonds is 6. The fourth-order valence-corrected chi connectivity index (χ4v) is 2.28. The molecule has 14 heavy (non-hydrogen) atoms. The smallest absolute Gasteiger partial charge is 0.321 e. The third-order valence-corrected chi connectivity index (χ3v) is 4.04. The highest BCUT2D eigenvalue weighted by atomic mass is 32.2. The third-order valence-electron chi connectivity index (χ3n) is 2.16. The predicted octanol–water partition coefficient (Wildman–Crippen LogP) is 1.73. The molecule has 0 aliphatic rings. The molecule has 3 nitrogen and oxygen atoms in total. The van der Waals surface area contributed by atoms with E-state index in [4.69, 9.17) is 4.74 Å². The Hall–Kier alpha value is -0.380. The van der Waals surface area contributed by atoms with Crippen molar-refractivity contribution in [1.82, 2.24) is 0 Å². The Morgan fingerprint density at radius 3 is 2.36 bits per heavy atom. The first-order valence-corrected chi connectivity index (χ1v) is 6.44. The van der Waals surface area contributed by atoms with Gasteiger partial charge in [0.15, 0.2) is 0 Å². The average Bonchev–Trinajstić information content (AvgIpc) is 2.16. The van der Waals surface area contributed by atoms with E-state index in [2.05, 4.69) is 6.92 Å². The Morgan fingerprint density at radius 1 is 1.36 bits per heavy atom. The number of carbonyl (C=O) groups is 1. The fraction of sp³-hybridized carbons (Fsp3) is 0.900. The van der Waals surface area contributed by atoms with Crippen molar-refractivity contribution in [3.05, 3.63) is 0 Å². The first kappa shape index (κ1) is 13.6. The van der Waals surface area contributed by atoms with Crippen LogP contribution in [0.4, 0.5) is 0 Å². The molecule has 0 spiro atoms. The zero-order chi connectivity index (χ0) is 11.1. The lowest BCUT2D eigenvalue weighted by Gasteiger charge is -2.13. The van der Waals surface area contributed by atoms with Crippen LogP contribution in [0.25, 0.3) is 0 Å². The van der Waals surface area contributed by atoms with Crippen molar-refractivity contribution in [3.8, 4) is 0 Å². The summed E-state index contributed by atoms with van der Waals surface area (Å²) in [5.41, 5.74) is 0. The molecule has 0 radical (unpaired) electrons. The van der Waals surface area contributed by atoms with E-state index >= 15 is 0 Å². The summed E-state index contributed by atoms with van der Waals surface area (Å²) < 4.78 is 16.4. The Labute approximate surface area is 88.7 Å². The molecule has 0 aromatic rings. The first-order valence-electron chi connectivity index (χ1n) is 5.06. The maximum atomic E-state index is 11.6. The van der Waals surface area contributed by atoms with Crippen LogP contribution in [0.15, 0.2) is 0 Å². The summed E-state index contributed by atoms with van der Waals surface area (Å²) in [5.74, 6) is 0.623. The quantitative estimate of drug-likeness (QED) is 0.640. The number of hydrogen-bond donors (Lipinski definition) is 0. The lowest BCUT2D eigenvalue weighted by Crippen LogP contribution is -2.28. The molecule has 0 aromatic heterocycles. The summed E-state index contributed by atoms with van der Waals surface area (Å²) in [5, 5.41) is -0.496. The molecule has 0 aliphatic heterocycles. The molecule has 0 heterocycles. The van der Waals surface area contributed by atoms with Crippen molar-refractivity contribution in [2.24, 2.45) is 5.92 Å². The van der Waals surface area contributed by atoms with Gasteiger partial charge < -0.3 is 4.74 Å². The van der Waals surface area contributed by atoms with Gasteiger partial charge in [0.25, 0.3) is 0 Å². The molecule has 0 rings (SSSR count). The average molecular weight is 220 g/mol. The van der Waals surface area contributed by atoms with Gasteiger partial charge in [-0.3, -0.25) is 9.00 Å². The summed E-state index contributed by atoms with van der Waals surface area (Å²) in [4.78, 5) is 11.2. The van der Waals surface area contributed by atoms with Crippen LogP contribution >= 0.6 is 0 Å². The topological polar surface area (TPSA) is 43.4 Å². The maximum absolute atomic E-state index is 11.6. The van der Waals surface area contributed by atoms with Gasteiger partial charge in [-0.25, -0.2) is 0 Å². The van der Waals surface area contributed by atoms with E-state index in [0.717, 1.165) is 6.42 Å². The van der Waals surface area contributed by atoms with E-state index in [-0.39, 0.29) is 5.97 Å². The summed E-state index contributed by atoms with van der Waals surface area (Å²) in [6.07, 6.45) is 0.987. The molecule has 0 aliphatic carbocycles. The van der Waals surface area contributed by atoms with E-state index in [1.807, 2.05) is 6.92 Å². The zero-order valence-electron chi connectivity index (χ0n) is 9.41. The number of carbonyl (C=O) groups excluding carboxylic acids is 1. The van der Waals surface area contributed by atoms with Crippen molar-refractivity contribution in [1.29, 1.82) is 0 Å². The fourth-order valence-electron chi connectivity index (χ4n) is 0.910. The molecule has 0 saturated heterocycles. The van der Waals surface area contributed by atoms with Gasteiger partial charge >= 0.3 is 5.97 Å². The summed E-state index contributed by atoms with van der Waals surface area (Å²) in [6.45, 7) is 7.86. The molecule has 84 valence electrons. The van der Waals surface area contributed by atoms with Gasteiger partial charge in [-0.05, 0) is 19.8 Å². The SMILES string of the molecule is CCOC(=O)C(C)S(=O)CC(C)CC. The van der Waals surface area contributed by atoms with Gasteiger partial charge in [0.1, 0.15) is 5.25 Å². The van der Waals surface area contributed by atoms with Crippen LogP contribution in [-0.2, 0) is 20.3 Å². The highest BCUT2D eigenvalue weighted by molar-refractivity contribution is 7.86. The molecule has 4 heteroatoms. The zero-order valence-corrected chi connectivity index (χ0v) is 10.2. The van der Waals surface area contributed by atoms with Crippen LogP contribution in [0.2, 0.25) is 0 Å². The molecule has 0 fully saturated rings. The van der Waals surface area contributed by atoms with Crippen LogP contribution in [0.3, 0.4) is 0 Å². The Bertz CT molecular complexity index is 204.